The van der Waals surface area contributed by atoms with Crippen LogP contribution in [0, 0.1) is 11.8 Å². The van der Waals surface area contributed by atoms with Crippen molar-refractivity contribution in [2.75, 3.05) is 33.9 Å². The molecule has 5 aromatic carbocycles. The zero-order valence-electron chi connectivity index (χ0n) is 62.8. The quantitative estimate of drug-likeness (QED) is 0.0528. The Balaban J connectivity index is 1.33. The van der Waals surface area contributed by atoms with Crippen molar-refractivity contribution in [3.8, 4) is 57.1 Å². The molecule has 39 heteroatoms. The number of ether oxygens (including phenoxy) is 8. The van der Waals surface area contributed by atoms with Gasteiger partial charge < -0.3 is 132 Å². The van der Waals surface area contributed by atoms with Crippen molar-refractivity contribution in [1.29, 1.82) is 0 Å². The molecule has 18 unspecified atom stereocenters. The number of primary amides is 1. The number of aliphatic carboxylic acids is 1. The highest BCUT2D eigenvalue weighted by Gasteiger charge is 2.53. The number of likely N-dealkylation sites (N-methyl/N-ethyl adjacent to an activating group) is 2. The molecule has 6 aliphatic heterocycles. The number of hydrogen-bond donors (Lipinski definition) is 18. The summed E-state index contributed by atoms with van der Waals surface area (Å²) in [7, 11) is 2.35. The van der Waals surface area contributed by atoms with Crippen LogP contribution in [0.3, 0.4) is 0 Å². The zero-order valence-corrected chi connectivity index (χ0v) is 64.3. The molecule has 37 nitrogen and oxygen atoms in total. The summed E-state index contributed by atoms with van der Waals surface area (Å²) in [5, 5.41) is 132. The first-order chi connectivity index (χ1) is 54.3. The van der Waals surface area contributed by atoms with Crippen molar-refractivity contribution in [1.82, 2.24) is 42.1 Å². The number of halogens is 2. The average Bonchev–Trinajstić information content (AvgIpc) is 0.774. The average molecular weight is 1650 g/mol. The third-order valence-electron chi connectivity index (χ3n) is 19.4. The molecule has 0 aromatic heterocycles. The highest BCUT2D eigenvalue weighted by atomic mass is 35.5. The predicted molar refractivity (Wildman–Crippen MR) is 401 cm³/mol. The lowest BCUT2D eigenvalue weighted by Crippen LogP contribution is -2.66. The first-order valence-electron chi connectivity index (χ1n) is 35.8. The van der Waals surface area contributed by atoms with E-state index >= 15 is 14.4 Å². The molecule has 2 saturated heterocycles. The predicted octanol–water partition coefficient (Wildman–Crippen LogP) is 2.98. The van der Waals surface area contributed by atoms with Crippen LogP contribution in [-0.4, -0.2) is 222 Å². The molecule has 0 radical (unpaired) electrons. The van der Waals surface area contributed by atoms with Crippen LogP contribution in [0.1, 0.15) is 112 Å². The number of benzene rings is 5. The van der Waals surface area contributed by atoms with Crippen LogP contribution in [0.4, 0.5) is 9.59 Å². The Kier molecular flexibility index (Phi) is 28.6. The smallest absolute Gasteiger partial charge is 0.410 e. The number of carbonyl (C=O) groups is 10. The van der Waals surface area contributed by atoms with E-state index in [0.717, 1.165) is 84.7 Å². The Morgan fingerprint density at radius 3 is 1.92 bits per heavy atom. The van der Waals surface area contributed by atoms with Gasteiger partial charge in [0, 0.05) is 43.3 Å². The number of fused-ring (bicyclic) bond motifs is 16. The molecule has 620 valence electrons. The van der Waals surface area contributed by atoms with Crippen molar-refractivity contribution >= 4 is 82.7 Å². The number of aromatic hydroxyl groups is 3. The normalized spacial score (nSPS) is 26.6. The molecule has 18 atom stereocenters. The van der Waals surface area contributed by atoms with Gasteiger partial charge in [-0.1, -0.05) is 87.5 Å². The molecule has 2 fully saturated rings. The number of amides is 9. The zero-order chi connectivity index (χ0) is 84.5. The molecule has 115 heavy (non-hydrogen) atoms. The SMILES string of the molecule is C=CCOC(=O)NC1(C)CC(OC2C(Oc3c4cc5cc3Oc3ccc(cc3Cl)C(O)C(NC(=O)C(CC(C)C)N(C)C(=O)OCC=C)C(=O)NC(CC(N)=O)C(=O)NC5C(=O)NC(C(=O)NC)c3ccc(O)c(c3)-c3c(O)cc(O)cc3C(C(=O)O)NC(=O)C(C)C(O)c3ccc(c(Cl)c3)O4)OC(CO)C(O)C2O)OC(C)C1O. The van der Waals surface area contributed by atoms with Crippen LogP contribution in [0.5, 0.6) is 46.0 Å². The number of carbonyl (C=O) groups excluding carboxylic acids is 9. The highest BCUT2D eigenvalue weighted by molar-refractivity contribution is 6.32. The minimum absolute atomic E-state index is 0.0884. The van der Waals surface area contributed by atoms with Crippen LogP contribution >= 0.6 is 23.2 Å². The number of phenols is 3. The van der Waals surface area contributed by atoms with Crippen LogP contribution in [0.2, 0.25) is 10.0 Å². The Labute approximate surface area is 666 Å². The first kappa shape index (κ1) is 87.9. The van der Waals surface area contributed by atoms with Gasteiger partial charge in [0.05, 0.1) is 46.7 Å². The van der Waals surface area contributed by atoms with Crippen molar-refractivity contribution < 1.29 is 137 Å². The number of alkyl carbamates (subject to hydrolysis) is 1. The van der Waals surface area contributed by atoms with E-state index in [9.17, 15) is 84.6 Å². The van der Waals surface area contributed by atoms with Gasteiger partial charge in [-0.25, -0.2) is 14.4 Å². The van der Waals surface area contributed by atoms with Crippen molar-refractivity contribution in [3.05, 3.63) is 142 Å². The van der Waals surface area contributed by atoms with Gasteiger partial charge in [0.25, 0.3) is 0 Å². The molecule has 6 aliphatic rings. The number of aliphatic hydroxyl groups is 6. The standard InChI is InChI=1S/C76H89Cl2N9O28/c1-10-18-108-74(106)86-76(7)29-53(110-33(6)65(76)97)114-64-62(96)61(95)51(30-88)113-73(64)115-63-49-24-37-25-50(63)112-48-17-14-36(23-42(48)78)60(94)58(85-68(100)44(20-31(3)4)87(9)75(107)109-19-11-2)71(103)81-43(28-52(79)92)67(99)82-56(37)70(102)83-55(69(101)80-8)34-12-15-45(90)39(21-34)54-40(26-38(89)27-46(54)91)57(72(104)105)84-66(98)32(5)59(93)35-13-16-47(111-49)41(77)22-35/h10-17,21-27,31-33,43-44,51,53,55-62,64-65,73,88-91,93-97H,1-2,18-20,28-30H2,3-9H3,(H2,79,92)(H,80,101)(H,81,103)(H,82,99)(H,83,102)(H,84,98)(H,85,100)(H,86,106)(H,104,105). The van der Waals surface area contributed by atoms with Gasteiger partial charge in [-0.3, -0.25) is 38.5 Å². The number of nitrogens with zero attached hydrogens (tertiary/aromatic N) is 1. The van der Waals surface area contributed by atoms with Crippen molar-refractivity contribution in [3.63, 3.8) is 0 Å². The summed E-state index contributed by atoms with van der Waals surface area (Å²) in [6.07, 6.45) is -19.6. The fraction of sp³-hybridized carbons (Fsp3) is 0.421. The Bertz CT molecular complexity index is 4560. The summed E-state index contributed by atoms with van der Waals surface area (Å²) < 4.78 is 49.1. The van der Waals surface area contributed by atoms with Gasteiger partial charge >= 0.3 is 18.2 Å². The van der Waals surface area contributed by atoms with Crippen LogP contribution < -0.4 is 57.2 Å². The molecule has 5 aromatic rings. The summed E-state index contributed by atoms with van der Waals surface area (Å²) in [4.78, 5) is 144. The molecular weight excluding hydrogens is 1560 g/mol. The van der Waals surface area contributed by atoms with Gasteiger partial charge in [0.1, 0.15) is 103 Å². The molecule has 6 heterocycles. The van der Waals surface area contributed by atoms with Crippen LogP contribution in [0.25, 0.3) is 11.1 Å². The Hall–Kier alpha value is -11.1. The number of nitrogens with one attached hydrogen (secondary N) is 7. The minimum atomic E-state index is -2.39. The maximum atomic E-state index is 16.1. The van der Waals surface area contributed by atoms with Crippen LogP contribution in [-0.2, 0) is 62.0 Å². The summed E-state index contributed by atoms with van der Waals surface area (Å²) in [5.41, 5.74) is 1.17. The molecule has 0 saturated carbocycles. The lowest BCUT2D eigenvalue weighted by atomic mass is 9.85. The van der Waals surface area contributed by atoms with E-state index in [2.05, 4.69) is 50.4 Å². The summed E-state index contributed by atoms with van der Waals surface area (Å²) in [6.45, 7) is 12.9. The van der Waals surface area contributed by atoms with Crippen molar-refractivity contribution in [2.24, 2.45) is 17.6 Å². The monoisotopic (exact) mass is 1650 g/mol. The molecule has 0 aliphatic carbocycles. The van der Waals surface area contributed by atoms with E-state index in [1.54, 1.807) is 13.8 Å². The van der Waals surface area contributed by atoms with Gasteiger partial charge in [-0.05, 0) is 103 Å². The van der Waals surface area contributed by atoms with Gasteiger partial charge in [0.15, 0.2) is 29.9 Å². The first-order valence-corrected chi connectivity index (χ1v) is 36.5. The van der Waals surface area contributed by atoms with E-state index < -0.39 is 266 Å². The van der Waals surface area contributed by atoms with Crippen molar-refractivity contribution in [2.45, 2.75) is 157 Å². The topological polar surface area (TPSA) is 560 Å². The molecule has 0 spiro atoms. The fourth-order valence-corrected chi connectivity index (χ4v) is 13.8. The second kappa shape index (κ2) is 37.5. The maximum Gasteiger partial charge on any atom is 0.410 e. The third kappa shape index (κ3) is 20.2. The summed E-state index contributed by atoms with van der Waals surface area (Å²) in [6, 6.07) is 0.707. The third-order valence-corrected chi connectivity index (χ3v) is 20.0. The molecule has 19 N–H and O–H groups in total. The van der Waals surface area contributed by atoms with Crippen LogP contribution in [0.15, 0.2) is 104 Å². The molecule has 9 amide bonds. The van der Waals surface area contributed by atoms with E-state index in [0.29, 0.717) is 0 Å². The number of nitrogens with two attached hydrogens (primary N) is 1. The van der Waals surface area contributed by atoms with E-state index in [1.807, 2.05) is 0 Å². The maximum absolute atomic E-state index is 16.1. The van der Waals surface area contributed by atoms with Gasteiger partial charge in [0.2, 0.25) is 53.4 Å². The number of carboxylic acids is 1. The van der Waals surface area contributed by atoms with Gasteiger partial charge in [-0.2, -0.15) is 0 Å². The molecule has 9 bridgehead atoms. The summed E-state index contributed by atoms with van der Waals surface area (Å²) in [5.74, 6) is -18.2. The van der Waals surface area contributed by atoms with E-state index in [4.69, 9.17) is 66.8 Å². The molecule has 11 rings (SSSR count). The number of phenolic OH excluding ortho intramolecular Hbond substituents is 3. The van der Waals surface area contributed by atoms with E-state index in [1.165, 1.54) is 46.0 Å². The lowest BCUT2D eigenvalue weighted by Gasteiger charge is -2.48. The Morgan fingerprint density at radius 2 is 1.34 bits per heavy atom. The second-order valence-electron chi connectivity index (χ2n) is 28.2. The number of rotatable bonds is 19. The number of carboxylic acid groups (broad SMARTS) is 1. The minimum Gasteiger partial charge on any atom is -0.508 e. The largest absolute Gasteiger partial charge is 0.508 e. The summed E-state index contributed by atoms with van der Waals surface area (Å²) >= 11 is 14.2. The molecular formula is C76H89Cl2N9O28. The Morgan fingerprint density at radius 1 is 0.730 bits per heavy atom. The van der Waals surface area contributed by atoms with E-state index in [-0.39, 0.29) is 42.2 Å². The number of hydrogen-bond acceptors (Lipinski definition) is 27. The fourth-order valence-electron chi connectivity index (χ4n) is 13.3. The lowest BCUT2D eigenvalue weighted by molar-refractivity contribution is -0.334. The van der Waals surface area contributed by atoms with Gasteiger partial charge in [-0.15, -0.1) is 0 Å². The number of aliphatic hydroxyl groups excluding tert-OH is 6. The second-order valence-corrected chi connectivity index (χ2v) is 29.0. The highest BCUT2D eigenvalue weighted by Crippen LogP contribution is 2.50.